The number of fused-ring (bicyclic) bond motifs is 1. The zero-order valence-corrected chi connectivity index (χ0v) is 12.4. The lowest BCUT2D eigenvalue weighted by Crippen LogP contribution is -2.09. The smallest absolute Gasteiger partial charge is 0.274 e. The first-order chi connectivity index (χ1) is 9.99. The molecule has 1 heterocycles. The van der Waals surface area contributed by atoms with Crippen molar-refractivity contribution in [3.8, 4) is 16.3 Å². The minimum Gasteiger partial charge on any atom is -0.496 e. The molecule has 0 saturated heterocycles. The van der Waals surface area contributed by atoms with Crippen LogP contribution in [0.1, 0.15) is 12.5 Å². The van der Waals surface area contributed by atoms with E-state index in [1.807, 2.05) is 24.3 Å². The number of aromatic nitrogens is 1. The number of para-hydroxylation sites is 1. The van der Waals surface area contributed by atoms with Gasteiger partial charge in [0.15, 0.2) is 0 Å². The highest BCUT2D eigenvalue weighted by Gasteiger charge is 2.29. The highest BCUT2D eigenvalue weighted by molar-refractivity contribution is 7.21. The number of ether oxygens (including phenoxy) is 1. The molecular formula is C16H13F2NOS. The normalized spacial score (nSPS) is 11.8. The molecule has 0 unspecified atom stereocenters. The molecule has 0 spiro atoms. The lowest BCUT2D eigenvalue weighted by molar-refractivity contribution is 0.0151. The molecule has 108 valence electrons. The molecule has 2 aromatic carbocycles. The molecule has 0 N–H and O–H groups in total. The molecule has 21 heavy (non-hydrogen) atoms. The number of hydrogen-bond donors (Lipinski definition) is 0. The van der Waals surface area contributed by atoms with Gasteiger partial charge in [-0.2, -0.15) is 0 Å². The zero-order valence-electron chi connectivity index (χ0n) is 11.6. The largest absolute Gasteiger partial charge is 0.496 e. The maximum Gasteiger partial charge on any atom is 0.274 e. The van der Waals surface area contributed by atoms with Crippen LogP contribution in [0.4, 0.5) is 8.78 Å². The van der Waals surface area contributed by atoms with E-state index < -0.39 is 5.92 Å². The number of methoxy groups -OCH3 is 1. The van der Waals surface area contributed by atoms with Crippen LogP contribution in [-0.2, 0) is 5.92 Å². The van der Waals surface area contributed by atoms with E-state index in [0.717, 1.165) is 22.1 Å². The Morgan fingerprint density at radius 1 is 1.14 bits per heavy atom. The van der Waals surface area contributed by atoms with Crippen molar-refractivity contribution in [1.82, 2.24) is 4.98 Å². The predicted octanol–water partition coefficient (Wildman–Crippen LogP) is 5.08. The second-order valence-corrected chi connectivity index (χ2v) is 5.82. The molecule has 2 nitrogen and oxygen atoms in total. The molecule has 1 aromatic heterocycles. The Balaban J connectivity index is 2.14. The summed E-state index contributed by atoms with van der Waals surface area (Å²) in [6, 6.07) is 12.5. The van der Waals surface area contributed by atoms with Gasteiger partial charge in [0.25, 0.3) is 5.92 Å². The summed E-state index contributed by atoms with van der Waals surface area (Å²) in [5.74, 6) is -2.77. The Bertz CT molecular complexity index is 759. The van der Waals surface area contributed by atoms with Crippen molar-refractivity contribution in [2.45, 2.75) is 12.8 Å². The Morgan fingerprint density at radius 2 is 1.90 bits per heavy atom. The molecule has 0 aliphatic carbocycles. The Hall–Kier alpha value is -2.01. The van der Waals surface area contributed by atoms with Crippen LogP contribution in [0.2, 0.25) is 0 Å². The Morgan fingerprint density at radius 3 is 2.57 bits per heavy atom. The standard InChI is InChI=1S/C16H13F2NOS/c1-16(17,18)11-9-10(7-8-13(11)20-2)15-19-12-5-3-4-6-14(12)21-15/h3-9H,1-2H3. The van der Waals surface area contributed by atoms with Crippen LogP contribution in [0.25, 0.3) is 20.8 Å². The minimum absolute atomic E-state index is 0.123. The summed E-state index contributed by atoms with van der Waals surface area (Å²) in [6.45, 7) is 0.868. The van der Waals surface area contributed by atoms with Gasteiger partial charge in [0.1, 0.15) is 10.8 Å². The van der Waals surface area contributed by atoms with Gasteiger partial charge in [0.05, 0.1) is 22.9 Å². The molecule has 0 amide bonds. The van der Waals surface area contributed by atoms with E-state index in [-0.39, 0.29) is 11.3 Å². The van der Waals surface area contributed by atoms with Gasteiger partial charge in [-0.3, -0.25) is 0 Å². The molecule has 0 atom stereocenters. The monoisotopic (exact) mass is 305 g/mol. The van der Waals surface area contributed by atoms with Gasteiger partial charge in [-0.15, -0.1) is 11.3 Å². The second-order valence-electron chi connectivity index (χ2n) is 4.79. The molecule has 0 bridgehead atoms. The summed E-state index contributed by atoms with van der Waals surface area (Å²) in [5, 5.41) is 0.726. The van der Waals surface area contributed by atoms with E-state index in [1.165, 1.54) is 24.5 Å². The number of halogens is 2. The van der Waals surface area contributed by atoms with E-state index in [1.54, 1.807) is 12.1 Å². The van der Waals surface area contributed by atoms with E-state index in [4.69, 9.17) is 4.74 Å². The van der Waals surface area contributed by atoms with E-state index in [2.05, 4.69) is 4.98 Å². The predicted molar refractivity (Wildman–Crippen MR) is 81.2 cm³/mol. The lowest BCUT2D eigenvalue weighted by Gasteiger charge is -2.15. The SMILES string of the molecule is COc1ccc(-c2nc3ccccc3s2)cc1C(C)(F)F. The third-order valence-corrected chi connectivity index (χ3v) is 4.30. The molecule has 0 fully saturated rings. The van der Waals surface area contributed by atoms with Crippen LogP contribution in [0, 0.1) is 0 Å². The first-order valence-electron chi connectivity index (χ1n) is 6.41. The zero-order chi connectivity index (χ0) is 15.0. The number of rotatable bonds is 3. The molecule has 0 radical (unpaired) electrons. The van der Waals surface area contributed by atoms with Gasteiger partial charge in [-0.1, -0.05) is 12.1 Å². The van der Waals surface area contributed by atoms with Crippen molar-refractivity contribution < 1.29 is 13.5 Å². The van der Waals surface area contributed by atoms with Crippen LogP contribution in [0.3, 0.4) is 0 Å². The quantitative estimate of drug-likeness (QED) is 0.673. The number of nitrogens with zero attached hydrogens (tertiary/aromatic N) is 1. The fourth-order valence-corrected chi connectivity index (χ4v) is 3.14. The van der Waals surface area contributed by atoms with Crippen molar-refractivity contribution in [3.63, 3.8) is 0 Å². The van der Waals surface area contributed by atoms with Crippen LogP contribution in [0.15, 0.2) is 42.5 Å². The molecule has 0 saturated carbocycles. The van der Waals surface area contributed by atoms with Gasteiger partial charge in [0, 0.05) is 12.5 Å². The van der Waals surface area contributed by atoms with Crippen molar-refractivity contribution >= 4 is 21.6 Å². The number of benzene rings is 2. The van der Waals surface area contributed by atoms with Gasteiger partial charge in [-0.05, 0) is 30.3 Å². The Labute approximate surface area is 125 Å². The highest BCUT2D eigenvalue weighted by atomic mass is 32.1. The summed E-state index contributed by atoms with van der Waals surface area (Å²) in [5.41, 5.74) is 1.42. The highest BCUT2D eigenvalue weighted by Crippen LogP contribution is 2.38. The van der Waals surface area contributed by atoms with Gasteiger partial charge in [-0.25, -0.2) is 13.8 Å². The summed E-state index contributed by atoms with van der Waals surface area (Å²) in [6.07, 6.45) is 0. The van der Waals surface area contributed by atoms with Gasteiger partial charge >= 0.3 is 0 Å². The summed E-state index contributed by atoms with van der Waals surface area (Å²) in [4.78, 5) is 4.49. The average molecular weight is 305 g/mol. The molecule has 3 aromatic rings. The summed E-state index contributed by atoms with van der Waals surface area (Å²) in [7, 11) is 1.39. The van der Waals surface area contributed by atoms with Crippen LogP contribution >= 0.6 is 11.3 Å². The fraction of sp³-hybridized carbons (Fsp3) is 0.188. The first-order valence-corrected chi connectivity index (χ1v) is 7.23. The first kappa shape index (κ1) is 13.9. The fourth-order valence-electron chi connectivity index (χ4n) is 2.18. The number of thiazole rings is 1. The third kappa shape index (κ3) is 2.61. The van der Waals surface area contributed by atoms with Crippen molar-refractivity contribution in [1.29, 1.82) is 0 Å². The van der Waals surface area contributed by atoms with Crippen molar-refractivity contribution in [3.05, 3.63) is 48.0 Å². The van der Waals surface area contributed by atoms with E-state index in [0.29, 0.717) is 5.56 Å². The lowest BCUT2D eigenvalue weighted by atomic mass is 10.1. The second kappa shape index (κ2) is 5.07. The van der Waals surface area contributed by atoms with Crippen LogP contribution < -0.4 is 4.74 Å². The maximum absolute atomic E-state index is 13.7. The van der Waals surface area contributed by atoms with Gasteiger partial charge in [0.2, 0.25) is 0 Å². The topological polar surface area (TPSA) is 22.1 Å². The molecule has 5 heteroatoms. The van der Waals surface area contributed by atoms with E-state index in [9.17, 15) is 8.78 Å². The van der Waals surface area contributed by atoms with Gasteiger partial charge < -0.3 is 4.74 Å². The van der Waals surface area contributed by atoms with Crippen molar-refractivity contribution in [2.75, 3.05) is 7.11 Å². The Kier molecular flexibility index (Phi) is 3.37. The van der Waals surface area contributed by atoms with Crippen LogP contribution in [-0.4, -0.2) is 12.1 Å². The van der Waals surface area contributed by atoms with Crippen LogP contribution in [0.5, 0.6) is 5.75 Å². The number of alkyl halides is 2. The molecule has 0 aliphatic heterocycles. The maximum atomic E-state index is 13.7. The molecule has 3 rings (SSSR count). The van der Waals surface area contributed by atoms with Crippen molar-refractivity contribution in [2.24, 2.45) is 0 Å². The molecular weight excluding hydrogens is 292 g/mol. The third-order valence-electron chi connectivity index (χ3n) is 3.21. The minimum atomic E-state index is -2.96. The summed E-state index contributed by atoms with van der Waals surface area (Å²) >= 11 is 1.49. The van der Waals surface area contributed by atoms with E-state index >= 15 is 0 Å². The average Bonchev–Trinajstić information content (AvgIpc) is 2.89. The number of hydrogen-bond acceptors (Lipinski definition) is 3. The summed E-state index contributed by atoms with van der Waals surface area (Å²) < 4.78 is 33.5. The molecule has 0 aliphatic rings.